The van der Waals surface area contributed by atoms with Gasteiger partial charge in [0.05, 0.1) is 12.2 Å². The zero-order valence-corrected chi connectivity index (χ0v) is 15.9. The lowest BCUT2D eigenvalue weighted by molar-refractivity contribution is 0.195. The maximum atomic E-state index is 12.6. The average Bonchev–Trinajstić information content (AvgIpc) is 3.02. The molecule has 6 nitrogen and oxygen atoms in total. The molecule has 1 saturated heterocycles. The van der Waals surface area contributed by atoms with Gasteiger partial charge in [-0.25, -0.2) is 14.8 Å². The molecule has 1 fully saturated rings. The highest BCUT2D eigenvalue weighted by molar-refractivity contribution is 5.75. The van der Waals surface area contributed by atoms with Crippen molar-refractivity contribution >= 4 is 12.0 Å². The summed E-state index contributed by atoms with van der Waals surface area (Å²) in [6.45, 7) is 5.36. The molecular formula is C20H27N5O. The van der Waals surface area contributed by atoms with Crippen LogP contribution in [0.25, 0.3) is 0 Å². The number of nitrogens with zero attached hydrogens (tertiary/aromatic N) is 4. The Labute approximate surface area is 155 Å². The molecule has 138 valence electrons. The van der Waals surface area contributed by atoms with E-state index in [4.69, 9.17) is 0 Å². The molecule has 6 heteroatoms. The molecule has 26 heavy (non-hydrogen) atoms. The highest BCUT2D eigenvalue weighted by atomic mass is 16.2. The van der Waals surface area contributed by atoms with Gasteiger partial charge in [0.2, 0.25) is 5.95 Å². The predicted octanol–water partition coefficient (Wildman–Crippen LogP) is 2.94. The van der Waals surface area contributed by atoms with E-state index in [9.17, 15) is 4.79 Å². The Morgan fingerprint density at radius 2 is 2.00 bits per heavy atom. The maximum Gasteiger partial charge on any atom is 0.317 e. The molecule has 2 aromatic rings. The quantitative estimate of drug-likeness (QED) is 0.918. The molecular weight excluding hydrogens is 326 g/mol. The fourth-order valence-electron chi connectivity index (χ4n) is 3.36. The molecule has 1 aliphatic rings. The average molecular weight is 353 g/mol. The number of carbonyl (C=O) groups excluding carboxylic acids is 1. The number of carbonyl (C=O) groups is 1. The molecule has 2 amide bonds. The Kier molecular flexibility index (Phi) is 5.40. The van der Waals surface area contributed by atoms with Crippen LogP contribution in [-0.4, -0.2) is 47.6 Å². The lowest BCUT2D eigenvalue weighted by Crippen LogP contribution is -2.41. The third kappa shape index (κ3) is 4.12. The number of benzene rings is 1. The molecule has 1 N–H and O–H groups in total. The number of hydrogen-bond donors (Lipinski definition) is 1. The Balaban J connectivity index is 1.59. The van der Waals surface area contributed by atoms with Gasteiger partial charge >= 0.3 is 6.03 Å². The second-order valence-electron chi connectivity index (χ2n) is 7.25. The number of aromatic nitrogens is 2. The summed E-state index contributed by atoms with van der Waals surface area (Å²) in [5.41, 5.74) is 3.37. The molecule has 2 heterocycles. The molecule has 1 aromatic carbocycles. The molecule has 0 radical (unpaired) electrons. The van der Waals surface area contributed by atoms with E-state index in [0.29, 0.717) is 18.4 Å². The zero-order chi connectivity index (χ0) is 18.7. The van der Waals surface area contributed by atoms with Crippen LogP contribution in [0.1, 0.15) is 36.1 Å². The third-order valence-corrected chi connectivity index (χ3v) is 4.91. The Hall–Kier alpha value is -2.63. The molecule has 2 unspecified atom stereocenters. The van der Waals surface area contributed by atoms with Crippen LogP contribution in [0.3, 0.4) is 0 Å². The number of hydrogen-bond acceptors (Lipinski definition) is 4. The number of likely N-dealkylation sites (tertiary alicyclic amines) is 1. The molecule has 0 bridgehead atoms. The van der Waals surface area contributed by atoms with Crippen molar-refractivity contribution in [3.05, 3.63) is 53.3 Å². The van der Waals surface area contributed by atoms with Crippen LogP contribution < -0.4 is 10.2 Å². The summed E-state index contributed by atoms with van der Waals surface area (Å²) in [5, 5.41) is 3.00. The first kappa shape index (κ1) is 18.2. The van der Waals surface area contributed by atoms with Gasteiger partial charge in [0.1, 0.15) is 0 Å². The van der Waals surface area contributed by atoms with E-state index < -0.39 is 0 Å². The zero-order valence-electron chi connectivity index (χ0n) is 15.9. The van der Waals surface area contributed by atoms with Crippen LogP contribution in [0.2, 0.25) is 0 Å². The van der Waals surface area contributed by atoms with Crippen molar-refractivity contribution < 1.29 is 4.79 Å². The number of urea groups is 1. The second-order valence-corrected chi connectivity index (χ2v) is 7.25. The van der Waals surface area contributed by atoms with Gasteiger partial charge in [-0.1, -0.05) is 29.8 Å². The summed E-state index contributed by atoms with van der Waals surface area (Å²) in [6, 6.07) is 10.7. The monoisotopic (exact) mass is 353 g/mol. The number of amides is 2. The normalized spacial score (nSPS) is 19.5. The van der Waals surface area contributed by atoms with E-state index in [1.807, 2.05) is 30.0 Å². The Bertz CT molecular complexity index is 759. The van der Waals surface area contributed by atoms with E-state index in [0.717, 1.165) is 18.7 Å². The standard InChI is InChI=1S/C20H27N5O/c1-14-5-7-16(8-6-14)17-11-15(2)25(13-17)20(26)22-12-18-9-10-21-19(23-18)24(3)4/h5-10,15,17H,11-13H2,1-4H3,(H,22,26). The van der Waals surface area contributed by atoms with E-state index >= 15 is 0 Å². The predicted molar refractivity (Wildman–Crippen MR) is 103 cm³/mol. The van der Waals surface area contributed by atoms with Crippen LogP contribution in [0.15, 0.2) is 36.5 Å². The van der Waals surface area contributed by atoms with Crippen molar-refractivity contribution in [1.82, 2.24) is 20.2 Å². The first-order chi connectivity index (χ1) is 12.4. The van der Waals surface area contributed by atoms with Crippen LogP contribution in [0.4, 0.5) is 10.7 Å². The molecule has 0 saturated carbocycles. The third-order valence-electron chi connectivity index (χ3n) is 4.91. The molecule has 2 atom stereocenters. The minimum Gasteiger partial charge on any atom is -0.347 e. The fraction of sp³-hybridized carbons (Fsp3) is 0.450. The van der Waals surface area contributed by atoms with Crippen molar-refractivity contribution in [2.45, 2.75) is 38.8 Å². The molecule has 0 spiro atoms. The van der Waals surface area contributed by atoms with Crippen molar-refractivity contribution in [2.75, 3.05) is 25.5 Å². The molecule has 0 aliphatic carbocycles. The van der Waals surface area contributed by atoms with Gasteiger partial charge in [-0.2, -0.15) is 0 Å². The molecule has 1 aliphatic heterocycles. The first-order valence-electron chi connectivity index (χ1n) is 9.04. The van der Waals surface area contributed by atoms with Gasteiger partial charge in [-0.3, -0.25) is 0 Å². The SMILES string of the molecule is Cc1ccc(C2CC(C)N(C(=O)NCc3ccnc(N(C)C)n3)C2)cc1. The number of anilines is 1. The van der Waals surface area contributed by atoms with Gasteiger partial charge in [-0.15, -0.1) is 0 Å². The fourth-order valence-corrected chi connectivity index (χ4v) is 3.36. The minimum absolute atomic E-state index is 0.0304. The summed E-state index contributed by atoms with van der Waals surface area (Å²) in [4.78, 5) is 25.1. The Morgan fingerprint density at radius 3 is 2.69 bits per heavy atom. The summed E-state index contributed by atoms with van der Waals surface area (Å²) in [7, 11) is 3.80. The summed E-state index contributed by atoms with van der Waals surface area (Å²) in [6.07, 6.45) is 2.71. The summed E-state index contributed by atoms with van der Waals surface area (Å²) < 4.78 is 0. The van der Waals surface area contributed by atoms with Crippen LogP contribution >= 0.6 is 0 Å². The van der Waals surface area contributed by atoms with E-state index in [1.165, 1.54) is 11.1 Å². The van der Waals surface area contributed by atoms with Gasteiger partial charge < -0.3 is 15.1 Å². The van der Waals surface area contributed by atoms with Crippen molar-refractivity contribution in [1.29, 1.82) is 0 Å². The molecule has 3 rings (SSSR count). The lowest BCUT2D eigenvalue weighted by atomic mass is 9.96. The van der Waals surface area contributed by atoms with Gasteiger partial charge in [-0.05, 0) is 31.9 Å². The topological polar surface area (TPSA) is 61.4 Å². The van der Waals surface area contributed by atoms with Gasteiger partial charge in [0.25, 0.3) is 0 Å². The number of aryl methyl sites for hydroxylation is 1. The number of rotatable bonds is 4. The summed E-state index contributed by atoms with van der Waals surface area (Å²) in [5.74, 6) is 1.04. The van der Waals surface area contributed by atoms with E-state index in [-0.39, 0.29) is 12.1 Å². The van der Waals surface area contributed by atoms with Gasteiger partial charge in [0, 0.05) is 38.8 Å². The summed E-state index contributed by atoms with van der Waals surface area (Å²) >= 11 is 0. The molecule has 1 aromatic heterocycles. The highest BCUT2D eigenvalue weighted by Gasteiger charge is 2.33. The highest BCUT2D eigenvalue weighted by Crippen LogP contribution is 2.31. The van der Waals surface area contributed by atoms with Crippen molar-refractivity contribution in [2.24, 2.45) is 0 Å². The van der Waals surface area contributed by atoms with Crippen LogP contribution in [0, 0.1) is 6.92 Å². The maximum absolute atomic E-state index is 12.6. The van der Waals surface area contributed by atoms with Gasteiger partial charge in [0.15, 0.2) is 0 Å². The smallest absolute Gasteiger partial charge is 0.317 e. The van der Waals surface area contributed by atoms with Crippen molar-refractivity contribution in [3.63, 3.8) is 0 Å². The van der Waals surface area contributed by atoms with E-state index in [1.54, 1.807) is 6.20 Å². The van der Waals surface area contributed by atoms with Crippen LogP contribution in [0.5, 0.6) is 0 Å². The minimum atomic E-state index is -0.0304. The Morgan fingerprint density at radius 1 is 1.27 bits per heavy atom. The first-order valence-corrected chi connectivity index (χ1v) is 9.04. The van der Waals surface area contributed by atoms with Crippen molar-refractivity contribution in [3.8, 4) is 0 Å². The largest absolute Gasteiger partial charge is 0.347 e. The number of nitrogens with one attached hydrogen (secondary N) is 1. The second kappa shape index (κ2) is 7.72. The van der Waals surface area contributed by atoms with Crippen LogP contribution in [-0.2, 0) is 6.54 Å². The lowest BCUT2D eigenvalue weighted by Gasteiger charge is -2.22. The van der Waals surface area contributed by atoms with E-state index in [2.05, 4.69) is 53.4 Å².